The maximum absolute atomic E-state index is 13.5. The fourth-order valence-corrected chi connectivity index (χ4v) is 1.96. The van der Waals surface area contributed by atoms with Crippen molar-refractivity contribution in [3.05, 3.63) is 65.2 Å². The lowest BCUT2D eigenvalue weighted by Gasteiger charge is -2.10. The molecule has 0 aliphatic heterocycles. The van der Waals surface area contributed by atoms with Gasteiger partial charge in [-0.15, -0.1) is 0 Å². The summed E-state index contributed by atoms with van der Waals surface area (Å²) in [5.41, 5.74) is 6.71. The molecule has 0 bridgehead atoms. The molecule has 1 unspecified atom stereocenters. The van der Waals surface area contributed by atoms with Gasteiger partial charge in [0.25, 0.3) is 0 Å². The molecule has 0 radical (unpaired) electrons. The maximum atomic E-state index is 13.5. The summed E-state index contributed by atoms with van der Waals surface area (Å²) in [6, 6.07) is 11.2. The molecule has 0 aliphatic rings. The average Bonchev–Trinajstić information content (AvgIpc) is 2.38. The highest BCUT2D eigenvalue weighted by Crippen LogP contribution is 2.18. The lowest BCUT2D eigenvalue weighted by atomic mass is 10.1. The van der Waals surface area contributed by atoms with Crippen molar-refractivity contribution >= 4 is 0 Å². The molecule has 0 saturated heterocycles. The summed E-state index contributed by atoms with van der Waals surface area (Å²) in [4.78, 5) is 0. The predicted molar refractivity (Wildman–Crippen MR) is 74.5 cm³/mol. The second kappa shape index (κ2) is 6.48. The maximum Gasteiger partial charge on any atom is 0.132 e. The minimum absolute atomic E-state index is 0.0502. The summed E-state index contributed by atoms with van der Waals surface area (Å²) in [6.07, 6.45) is 0.727. The van der Waals surface area contributed by atoms with Gasteiger partial charge in [-0.05, 0) is 43.2 Å². The van der Waals surface area contributed by atoms with E-state index in [0.29, 0.717) is 5.75 Å². The third kappa shape index (κ3) is 3.78. The monoisotopic (exact) mass is 277 g/mol. The van der Waals surface area contributed by atoms with Crippen LogP contribution in [0.4, 0.5) is 8.78 Å². The topological polar surface area (TPSA) is 35.2 Å². The second-order valence-electron chi connectivity index (χ2n) is 4.82. The first kappa shape index (κ1) is 14.5. The molecule has 1 atom stereocenters. The Morgan fingerprint density at radius 3 is 2.40 bits per heavy atom. The van der Waals surface area contributed by atoms with Gasteiger partial charge in [0.2, 0.25) is 0 Å². The number of nitrogens with two attached hydrogens (primary N) is 1. The van der Waals surface area contributed by atoms with Gasteiger partial charge in [-0.2, -0.15) is 0 Å². The van der Waals surface area contributed by atoms with Gasteiger partial charge in [0.1, 0.15) is 24.0 Å². The minimum Gasteiger partial charge on any atom is -0.489 e. The summed E-state index contributed by atoms with van der Waals surface area (Å²) in [6.45, 7) is 1.78. The fraction of sp³-hybridized carbons (Fsp3) is 0.250. The highest BCUT2D eigenvalue weighted by atomic mass is 19.1. The molecule has 2 rings (SSSR count). The van der Waals surface area contributed by atoms with Crippen molar-refractivity contribution in [3.8, 4) is 5.75 Å². The van der Waals surface area contributed by atoms with Crippen LogP contribution in [0.15, 0.2) is 42.5 Å². The zero-order valence-electron chi connectivity index (χ0n) is 11.3. The normalized spacial score (nSPS) is 12.2. The first-order valence-corrected chi connectivity index (χ1v) is 6.46. The van der Waals surface area contributed by atoms with Gasteiger partial charge < -0.3 is 10.5 Å². The molecule has 106 valence electrons. The number of halogens is 2. The van der Waals surface area contributed by atoms with E-state index in [1.165, 1.54) is 18.2 Å². The van der Waals surface area contributed by atoms with Crippen molar-refractivity contribution in [2.45, 2.75) is 26.0 Å². The zero-order valence-corrected chi connectivity index (χ0v) is 11.3. The van der Waals surface area contributed by atoms with Gasteiger partial charge in [0.05, 0.1) is 5.56 Å². The molecule has 4 heteroatoms. The third-order valence-electron chi connectivity index (χ3n) is 2.90. The molecular formula is C16H17F2NO. The zero-order chi connectivity index (χ0) is 14.5. The van der Waals surface area contributed by atoms with E-state index in [0.717, 1.165) is 12.0 Å². The average molecular weight is 277 g/mol. The van der Waals surface area contributed by atoms with Crippen LogP contribution in [0, 0.1) is 11.6 Å². The van der Waals surface area contributed by atoms with Crippen LogP contribution < -0.4 is 10.5 Å². The predicted octanol–water partition coefficient (Wildman–Crippen LogP) is 3.43. The Hall–Kier alpha value is -1.94. The van der Waals surface area contributed by atoms with E-state index >= 15 is 0 Å². The van der Waals surface area contributed by atoms with Gasteiger partial charge in [-0.1, -0.05) is 18.2 Å². The Kier molecular flexibility index (Phi) is 4.69. The lowest BCUT2D eigenvalue weighted by molar-refractivity contribution is 0.292. The molecule has 2 N–H and O–H groups in total. The molecule has 0 heterocycles. The fourth-order valence-electron chi connectivity index (χ4n) is 1.96. The molecule has 2 aromatic rings. The van der Waals surface area contributed by atoms with Crippen LogP contribution in [0.25, 0.3) is 0 Å². The number of hydrogen-bond donors (Lipinski definition) is 1. The number of hydrogen-bond acceptors (Lipinski definition) is 2. The van der Waals surface area contributed by atoms with Gasteiger partial charge in [-0.25, -0.2) is 8.78 Å². The Morgan fingerprint density at radius 2 is 1.75 bits per heavy atom. The summed E-state index contributed by atoms with van der Waals surface area (Å²) < 4.78 is 32.4. The number of benzene rings is 2. The van der Waals surface area contributed by atoms with E-state index in [2.05, 4.69) is 0 Å². The molecular weight excluding hydrogens is 260 g/mol. The summed E-state index contributed by atoms with van der Waals surface area (Å²) in [5, 5.41) is 0. The number of ether oxygens (including phenoxy) is 1. The first-order valence-electron chi connectivity index (χ1n) is 6.46. The largest absolute Gasteiger partial charge is 0.489 e. The standard InChI is InChI=1S/C16H17F2NO/c1-11(19)8-12-4-2-5-13(9-12)20-10-14-15(17)6-3-7-16(14)18/h2-7,9,11H,8,10,19H2,1H3. The van der Waals surface area contributed by atoms with Crippen molar-refractivity contribution in [3.63, 3.8) is 0 Å². The molecule has 0 amide bonds. The molecule has 20 heavy (non-hydrogen) atoms. The lowest BCUT2D eigenvalue weighted by Crippen LogP contribution is -2.17. The quantitative estimate of drug-likeness (QED) is 0.908. The summed E-state index contributed by atoms with van der Waals surface area (Å²) >= 11 is 0. The van der Waals surface area contributed by atoms with Gasteiger partial charge >= 0.3 is 0 Å². The van der Waals surface area contributed by atoms with Crippen LogP contribution in [0.3, 0.4) is 0 Å². The SMILES string of the molecule is CC(N)Cc1cccc(OCc2c(F)cccc2F)c1. The van der Waals surface area contributed by atoms with Crippen LogP contribution in [-0.4, -0.2) is 6.04 Å². The highest BCUT2D eigenvalue weighted by Gasteiger charge is 2.09. The van der Waals surface area contributed by atoms with Crippen molar-refractivity contribution in [2.24, 2.45) is 5.73 Å². The van der Waals surface area contributed by atoms with Gasteiger partial charge in [0, 0.05) is 6.04 Å². The van der Waals surface area contributed by atoms with E-state index in [-0.39, 0.29) is 18.2 Å². The van der Waals surface area contributed by atoms with E-state index in [4.69, 9.17) is 10.5 Å². The van der Waals surface area contributed by atoms with E-state index in [1.54, 1.807) is 6.07 Å². The summed E-state index contributed by atoms with van der Waals surface area (Å²) in [5.74, 6) is -0.626. The molecule has 0 saturated carbocycles. The van der Waals surface area contributed by atoms with Crippen molar-refractivity contribution in [1.82, 2.24) is 0 Å². The Bertz CT molecular complexity index is 564. The minimum atomic E-state index is -0.600. The van der Waals surface area contributed by atoms with Crippen molar-refractivity contribution in [1.29, 1.82) is 0 Å². The highest BCUT2D eigenvalue weighted by molar-refractivity contribution is 5.29. The molecule has 0 spiro atoms. The second-order valence-corrected chi connectivity index (χ2v) is 4.82. The van der Waals surface area contributed by atoms with Crippen molar-refractivity contribution < 1.29 is 13.5 Å². The van der Waals surface area contributed by atoms with Crippen LogP contribution in [0.5, 0.6) is 5.75 Å². The van der Waals surface area contributed by atoms with E-state index in [9.17, 15) is 8.78 Å². The Balaban J connectivity index is 2.07. The van der Waals surface area contributed by atoms with Gasteiger partial charge in [-0.3, -0.25) is 0 Å². The van der Waals surface area contributed by atoms with E-state index in [1.807, 2.05) is 25.1 Å². The summed E-state index contributed by atoms with van der Waals surface area (Å²) in [7, 11) is 0. The molecule has 2 aromatic carbocycles. The molecule has 0 aliphatic carbocycles. The van der Waals surface area contributed by atoms with Crippen molar-refractivity contribution in [2.75, 3.05) is 0 Å². The van der Waals surface area contributed by atoms with Crippen LogP contribution in [0.2, 0.25) is 0 Å². The first-order chi connectivity index (χ1) is 9.56. The van der Waals surface area contributed by atoms with Crippen LogP contribution in [-0.2, 0) is 13.0 Å². The molecule has 0 aromatic heterocycles. The number of rotatable bonds is 5. The molecule has 0 fully saturated rings. The third-order valence-corrected chi connectivity index (χ3v) is 2.90. The van der Waals surface area contributed by atoms with E-state index < -0.39 is 11.6 Å². The Morgan fingerprint density at radius 1 is 1.10 bits per heavy atom. The van der Waals surface area contributed by atoms with Crippen LogP contribution in [0.1, 0.15) is 18.1 Å². The van der Waals surface area contributed by atoms with Crippen LogP contribution >= 0.6 is 0 Å². The molecule has 2 nitrogen and oxygen atoms in total. The van der Waals surface area contributed by atoms with Gasteiger partial charge in [0.15, 0.2) is 0 Å². The Labute approximate surface area is 117 Å². The smallest absolute Gasteiger partial charge is 0.132 e.